The Hall–Kier alpha value is -0.790. The third-order valence-corrected chi connectivity index (χ3v) is 2.71. The molecule has 0 saturated heterocycles. The standard InChI is InChI=1S/C13H24N4O.HI/c1-5-11-10(12(6-2)18-17-11)8-16-13(14)15-7-9(3)4;/h9H,5-8H2,1-4H3,(H3,14,15,16);1H. The van der Waals surface area contributed by atoms with E-state index in [9.17, 15) is 0 Å². The van der Waals surface area contributed by atoms with Crippen molar-refractivity contribution < 1.29 is 4.52 Å². The molecular formula is C13H25IN4O. The van der Waals surface area contributed by atoms with Gasteiger partial charge in [-0.2, -0.15) is 0 Å². The number of aryl methyl sites for hydroxylation is 2. The Kier molecular flexibility index (Phi) is 8.79. The number of nitrogens with zero attached hydrogens (tertiary/aromatic N) is 2. The molecule has 5 nitrogen and oxygen atoms in total. The van der Waals surface area contributed by atoms with Crippen LogP contribution in [0.4, 0.5) is 0 Å². The van der Waals surface area contributed by atoms with E-state index in [2.05, 4.69) is 36.2 Å². The summed E-state index contributed by atoms with van der Waals surface area (Å²) in [6, 6.07) is 0. The lowest BCUT2D eigenvalue weighted by atomic mass is 10.1. The van der Waals surface area contributed by atoms with E-state index >= 15 is 0 Å². The van der Waals surface area contributed by atoms with Gasteiger partial charge in [-0.15, -0.1) is 24.0 Å². The van der Waals surface area contributed by atoms with E-state index in [1.165, 1.54) is 0 Å². The van der Waals surface area contributed by atoms with Gasteiger partial charge in [0.25, 0.3) is 0 Å². The summed E-state index contributed by atoms with van der Waals surface area (Å²) < 4.78 is 5.29. The van der Waals surface area contributed by atoms with Gasteiger partial charge in [0.1, 0.15) is 5.76 Å². The average molecular weight is 380 g/mol. The molecule has 1 heterocycles. The van der Waals surface area contributed by atoms with E-state index in [1.807, 2.05) is 6.92 Å². The number of nitrogens with two attached hydrogens (primary N) is 1. The van der Waals surface area contributed by atoms with Crippen LogP contribution in [0.5, 0.6) is 0 Å². The number of aliphatic imine (C=N–C) groups is 1. The van der Waals surface area contributed by atoms with Gasteiger partial charge in [-0.05, 0) is 12.3 Å². The van der Waals surface area contributed by atoms with Gasteiger partial charge in [0.2, 0.25) is 0 Å². The van der Waals surface area contributed by atoms with Crippen molar-refractivity contribution >= 4 is 29.9 Å². The van der Waals surface area contributed by atoms with Crippen molar-refractivity contribution in [3.8, 4) is 0 Å². The number of hydrogen-bond acceptors (Lipinski definition) is 3. The molecule has 0 radical (unpaired) electrons. The first-order valence-electron chi connectivity index (χ1n) is 6.58. The Labute approximate surface area is 132 Å². The van der Waals surface area contributed by atoms with Crippen LogP contribution in [0.25, 0.3) is 0 Å². The molecule has 0 aromatic carbocycles. The lowest BCUT2D eigenvalue weighted by Gasteiger charge is -2.07. The third-order valence-electron chi connectivity index (χ3n) is 2.71. The zero-order chi connectivity index (χ0) is 13.5. The highest BCUT2D eigenvalue weighted by Crippen LogP contribution is 2.16. The molecule has 0 saturated carbocycles. The number of nitrogens with one attached hydrogen (secondary N) is 1. The maximum Gasteiger partial charge on any atom is 0.188 e. The predicted molar refractivity (Wildman–Crippen MR) is 88.8 cm³/mol. The fourth-order valence-corrected chi connectivity index (χ4v) is 1.65. The summed E-state index contributed by atoms with van der Waals surface area (Å²) in [6.45, 7) is 9.74. The maximum atomic E-state index is 5.81. The smallest absolute Gasteiger partial charge is 0.188 e. The fourth-order valence-electron chi connectivity index (χ4n) is 1.65. The second kappa shape index (κ2) is 9.17. The van der Waals surface area contributed by atoms with Gasteiger partial charge in [-0.1, -0.05) is 32.9 Å². The van der Waals surface area contributed by atoms with E-state index in [0.29, 0.717) is 18.4 Å². The van der Waals surface area contributed by atoms with Crippen molar-refractivity contribution in [2.75, 3.05) is 6.54 Å². The van der Waals surface area contributed by atoms with Crippen LogP contribution in [0, 0.1) is 5.92 Å². The number of halogens is 1. The molecule has 19 heavy (non-hydrogen) atoms. The van der Waals surface area contributed by atoms with Crippen LogP contribution < -0.4 is 11.1 Å². The topological polar surface area (TPSA) is 76.4 Å². The summed E-state index contributed by atoms with van der Waals surface area (Å²) >= 11 is 0. The minimum absolute atomic E-state index is 0. The zero-order valence-corrected chi connectivity index (χ0v) is 14.5. The van der Waals surface area contributed by atoms with Crippen molar-refractivity contribution in [2.45, 2.75) is 47.1 Å². The van der Waals surface area contributed by atoms with Crippen molar-refractivity contribution in [1.29, 1.82) is 0 Å². The SMILES string of the molecule is CCc1noc(CC)c1CN=C(N)NCC(C)C.I. The predicted octanol–water partition coefficient (Wildman–Crippen LogP) is 2.48. The van der Waals surface area contributed by atoms with Crippen LogP contribution in [0.15, 0.2) is 9.52 Å². The first kappa shape index (κ1) is 18.2. The number of guanidine groups is 1. The van der Waals surface area contributed by atoms with Crippen molar-refractivity contribution in [1.82, 2.24) is 10.5 Å². The highest BCUT2D eigenvalue weighted by molar-refractivity contribution is 14.0. The van der Waals surface area contributed by atoms with E-state index in [4.69, 9.17) is 10.3 Å². The first-order chi connectivity index (χ1) is 8.58. The molecule has 0 unspecified atom stereocenters. The Morgan fingerprint density at radius 1 is 1.37 bits per heavy atom. The lowest BCUT2D eigenvalue weighted by Crippen LogP contribution is -2.34. The van der Waals surface area contributed by atoms with Crippen LogP contribution in [-0.4, -0.2) is 17.7 Å². The highest BCUT2D eigenvalue weighted by Gasteiger charge is 2.12. The van der Waals surface area contributed by atoms with E-state index < -0.39 is 0 Å². The van der Waals surface area contributed by atoms with Crippen LogP contribution in [0.3, 0.4) is 0 Å². The molecule has 1 aromatic heterocycles. The number of hydrogen-bond donors (Lipinski definition) is 2. The molecule has 3 N–H and O–H groups in total. The molecule has 0 fully saturated rings. The second-order valence-corrected chi connectivity index (χ2v) is 4.71. The van der Waals surface area contributed by atoms with Gasteiger partial charge < -0.3 is 15.6 Å². The molecule has 1 rings (SSSR count). The van der Waals surface area contributed by atoms with Crippen LogP contribution in [-0.2, 0) is 19.4 Å². The Bertz CT molecular complexity index is 380. The number of rotatable bonds is 6. The summed E-state index contributed by atoms with van der Waals surface area (Å²) in [5.41, 5.74) is 7.87. The van der Waals surface area contributed by atoms with Gasteiger partial charge in [0.05, 0.1) is 12.2 Å². The molecule has 0 atom stereocenters. The van der Waals surface area contributed by atoms with E-state index in [-0.39, 0.29) is 24.0 Å². The summed E-state index contributed by atoms with van der Waals surface area (Å²) in [4.78, 5) is 4.34. The highest BCUT2D eigenvalue weighted by atomic mass is 127. The molecule has 6 heteroatoms. The normalized spacial score (nSPS) is 11.5. The zero-order valence-electron chi connectivity index (χ0n) is 12.2. The molecule has 0 bridgehead atoms. The summed E-state index contributed by atoms with van der Waals surface area (Å²) in [7, 11) is 0. The second-order valence-electron chi connectivity index (χ2n) is 4.71. The molecule has 0 aliphatic rings. The monoisotopic (exact) mass is 380 g/mol. The molecule has 110 valence electrons. The van der Waals surface area contributed by atoms with Gasteiger partial charge >= 0.3 is 0 Å². The van der Waals surface area contributed by atoms with Gasteiger partial charge in [-0.25, -0.2) is 4.99 Å². The molecule has 0 aliphatic carbocycles. The lowest BCUT2D eigenvalue weighted by molar-refractivity contribution is 0.380. The fraction of sp³-hybridized carbons (Fsp3) is 0.692. The molecule has 1 aromatic rings. The molecular weight excluding hydrogens is 355 g/mol. The van der Waals surface area contributed by atoms with Crippen molar-refractivity contribution in [3.05, 3.63) is 17.0 Å². The first-order valence-corrected chi connectivity index (χ1v) is 6.58. The van der Waals surface area contributed by atoms with E-state index in [0.717, 1.165) is 36.4 Å². The maximum absolute atomic E-state index is 5.81. The summed E-state index contributed by atoms with van der Waals surface area (Å²) in [5.74, 6) is 1.94. The number of aromatic nitrogens is 1. The summed E-state index contributed by atoms with van der Waals surface area (Å²) in [5, 5.41) is 7.15. The largest absolute Gasteiger partial charge is 0.370 e. The Morgan fingerprint density at radius 2 is 2.05 bits per heavy atom. The molecule has 0 amide bonds. The third kappa shape index (κ3) is 5.80. The van der Waals surface area contributed by atoms with Crippen molar-refractivity contribution in [2.24, 2.45) is 16.6 Å². The van der Waals surface area contributed by atoms with Gasteiger partial charge in [-0.3, -0.25) is 0 Å². The average Bonchev–Trinajstić information content (AvgIpc) is 2.75. The van der Waals surface area contributed by atoms with Gasteiger partial charge in [0.15, 0.2) is 5.96 Å². The minimum atomic E-state index is 0. The Balaban J connectivity index is 0.00000324. The van der Waals surface area contributed by atoms with Crippen LogP contribution in [0.1, 0.15) is 44.7 Å². The minimum Gasteiger partial charge on any atom is -0.370 e. The van der Waals surface area contributed by atoms with E-state index in [1.54, 1.807) is 0 Å². The van der Waals surface area contributed by atoms with Crippen molar-refractivity contribution in [3.63, 3.8) is 0 Å². The quantitative estimate of drug-likeness (QED) is 0.452. The van der Waals surface area contributed by atoms with Crippen LogP contribution >= 0.6 is 24.0 Å². The Morgan fingerprint density at radius 3 is 2.58 bits per heavy atom. The van der Waals surface area contributed by atoms with Gasteiger partial charge in [0, 0.05) is 18.5 Å². The molecule has 0 spiro atoms. The molecule has 0 aliphatic heterocycles. The summed E-state index contributed by atoms with van der Waals surface area (Å²) in [6.07, 6.45) is 1.69. The van der Waals surface area contributed by atoms with Crippen LogP contribution in [0.2, 0.25) is 0 Å².